The third-order valence-corrected chi connectivity index (χ3v) is 7.35. The summed E-state index contributed by atoms with van der Waals surface area (Å²) in [6.07, 6.45) is 11.8. The number of rotatable bonds is 2. The van der Waals surface area contributed by atoms with Crippen molar-refractivity contribution >= 4 is 6.09 Å². The first-order valence-electron chi connectivity index (χ1n) is 10.5. The molecule has 4 rings (SSSR count). The average Bonchev–Trinajstić information content (AvgIpc) is 3.18. The second kappa shape index (κ2) is 7.07. The number of ether oxygens (including phenoxy) is 1. The maximum Gasteiger partial charge on any atom is 0.409 e. The highest BCUT2D eigenvalue weighted by molar-refractivity contribution is 5.68. The highest BCUT2D eigenvalue weighted by atomic mass is 16.6. The number of nitrogens with one attached hydrogen (secondary N) is 1. The molecule has 1 N–H and O–H groups in total. The molecule has 25 heavy (non-hydrogen) atoms. The van der Waals surface area contributed by atoms with Crippen LogP contribution in [-0.2, 0) is 4.74 Å². The normalized spacial score (nSPS) is 35.6. The minimum absolute atomic E-state index is 0.108. The zero-order chi connectivity index (χ0) is 17.3. The monoisotopic (exact) mass is 349 g/mol. The molecule has 4 fully saturated rings. The fourth-order valence-electron chi connectivity index (χ4n) is 5.98. The van der Waals surface area contributed by atoms with Crippen molar-refractivity contribution < 1.29 is 9.53 Å². The zero-order valence-corrected chi connectivity index (χ0v) is 15.9. The van der Waals surface area contributed by atoms with Crippen LogP contribution in [0, 0.1) is 5.41 Å². The molecule has 5 nitrogen and oxygen atoms in total. The van der Waals surface area contributed by atoms with Gasteiger partial charge in [-0.2, -0.15) is 0 Å². The van der Waals surface area contributed by atoms with Gasteiger partial charge in [0.15, 0.2) is 0 Å². The second-order valence-electron chi connectivity index (χ2n) is 8.99. The lowest BCUT2D eigenvalue weighted by Gasteiger charge is -2.51. The van der Waals surface area contributed by atoms with E-state index in [1.807, 2.05) is 11.8 Å². The van der Waals surface area contributed by atoms with Gasteiger partial charge in [0.25, 0.3) is 0 Å². The Morgan fingerprint density at radius 1 is 1.08 bits per heavy atom. The molecule has 0 radical (unpaired) electrons. The van der Waals surface area contributed by atoms with Crippen LogP contribution in [0.15, 0.2) is 0 Å². The summed E-state index contributed by atoms with van der Waals surface area (Å²) in [4.78, 5) is 16.6. The Kier molecular flexibility index (Phi) is 4.98. The van der Waals surface area contributed by atoms with Gasteiger partial charge in [-0.25, -0.2) is 4.79 Å². The first kappa shape index (κ1) is 17.6. The molecule has 3 aliphatic heterocycles. The second-order valence-corrected chi connectivity index (χ2v) is 8.99. The summed E-state index contributed by atoms with van der Waals surface area (Å²) in [5.74, 6) is 0. The Bertz CT molecular complexity index is 471. The van der Waals surface area contributed by atoms with Crippen LogP contribution in [0.1, 0.15) is 64.7 Å². The maximum absolute atomic E-state index is 12.0. The van der Waals surface area contributed by atoms with E-state index in [1.54, 1.807) is 0 Å². The number of likely N-dealkylation sites (tertiary alicyclic amines) is 2. The van der Waals surface area contributed by atoms with Crippen LogP contribution in [0.25, 0.3) is 0 Å². The van der Waals surface area contributed by atoms with Gasteiger partial charge in [-0.15, -0.1) is 0 Å². The standard InChI is InChI=1S/C20H35N3O2/c1-2-25-18(24)23-13-9-19(16-23)14-17(15-19)22-11-4-7-20(8-5-12-22)6-3-10-21-20/h17,21H,2-16H2,1H3. The topological polar surface area (TPSA) is 44.8 Å². The van der Waals surface area contributed by atoms with Crippen molar-refractivity contribution in [1.82, 2.24) is 15.1 Å². The minimum atomic E-state index is -0.108. The van der Waals surface area contributed by atoms with E-state index < -0.39 is 0 Å². The highest BCUT2D eigenvalue weighted by Gasteiger charge is 2.51. The predicted octanol–water partition coefficient (Wildman–Crippen LogP) is 3.00. The number of carbonyl (C=O) groups is 1. The van der Waals surface area contributed by atoms with Crippen LogP contribution in [0.2, 0.25) is 0 Å². The Morgan fingerprint density at radius 2 is 1.80 bits per heavy atom. The fourth-order valence-corrected chi connectivity index (χ4v) is 5.98. The molecular weight excluding hydrogens is 314 g/mol. The molecule has 2 spiro atoms. The van der Waals surface area contributed by atoms with Gasteiger partial charge in [0.1, 0.15) is 0 Å². The molecule has 1 aliphatic carbocycles. The van der Waals surface area contributed by atoms with Gasteiger partial charge in [0.05, 0.1) is 6.61 Å². The lowest BCUT2D eigenvalue weighted by Crippen LogP contribution is -2.54. The van der Waals surface area contributed by atoms with E-state index in [0.717, 1.165) is 19.1 Å². The Morgan fingerprint density at radius 3 is 2.44 bits per heavy atom. The van der Waals surface area contributed by atoms with Crippen LogP contribution >= 0.6 is 0 Å². The van der Waals surface area contributed by atoms with E-state index in [4.69, 9.17) is 4.74 Å². The van der Waals surface area contributed by atoms with Crippen molar-refractivity contribution in [1.29, 1.82) is 0 Å². The summed E-state index contributed by atoms with van der Waals surface area (Å²) in [6, 6.07) is 0.757. The minimum Gasteiger partial charge on any atom is -0.450 e. The van der Waals surface area contributed by atoms with E-state index in [9.17, 15) is 4.79 Å². The van der Waals surface area contributed by atoms with Gasteiger partial charge in [0, 0.05) is 24.7 Å². The lowest BCUT2D eigenvalue weighted by atomic mass is 9.64. The van der Waals surface area contributed by atoms with Crippen molar-refractivity contribution in [2.45, 2.75) is 76.3 Å². The largest absolute Gasteiger partial charge is 0.450 e. The molecule has 0 unspecified atom stereocenters. The molecule has 0 aromatic heterocycles. The first-order chi connectivity index (χ1) is 12.1. The Hall–Kier alpha value is -0.810. The summed E-state index contributed by atoms with van der Waals surface area (Å²) in [5, 5.41) is 3.81. The average molecular weight is 350 g/mol. The molecule has 0 atom stereocenters. The van der Waals surface area contributed by atoms with E-state index in [0.29, 0.717) is 17.6 Å². The Balaban J connectivity index is 1.25. The van der Waals surface area contributed by atoms with Gasteiger partial charge < -0.3 is 19.9 Å². The number of hydrogen-bond donors (Lipinski definition) is 1. The van der Waals surface area contributed by atoms with E-state index in [-0.39, 0.29) is 6.09 Å². The van der Waals surface area contributed by atoms with Crippen molar-refractivity contribution in [3.05, 3.63) is 0 Å². The van der Waals surface area contributed by atoms with E-state index >= 15 is 0 Å². The molecule has 4 aliphatic rings. The molecule has 0 bridgehead atoms. The first-order valence-corrected chi connectivity index (χ1v) is 10.5. The summed E-state index contributed by atoms with van der Waals surface area (Å²) in [6.45, 7) is 7.94. The maximum atomic E-state index is 12.0. The van der Waals surface area contributed by atoms with Crippen molar-refractivity contribution in [2.75, 3.05) is 39.3 Å². The van der Waals surface area contributed by atoms with Gasteiger partial charge in [0.2, 0.25) is 0 Å². The summed E-state index contributed by atoms with van der Waals surface area (Å²) < 4.78 is 5.18. The third kappa shape index (κ3) is 3.55. The highest BCUT2D eigenvalue weighted by Crippen LogP contribution is 2.50. The van der Waals surface area contributed by atoms with E-state index in [1.165, 1.54) is 77.4 Å². The zero-order valence-electron chi connectivity index (χ0n) is 15.9. The van der Waals surface area contributed by atoms with Crippen LogP contribution < -0.4 is 5.32 Å². The quantitative estimate of drug-likeness (QED) is 0.832. The van der Waals surface area contributed by atoms with Crippen LogP contribution in [-0.4, -0.2) is 66.8 Å². The van der Waals surface area contributed by atoms with Crippen LogP contribution in [0.4, 0.5) is 4.79 Å². The van der Waals surface area contributed by atoms with Crippen LogP contribution in [0.3, 0.4) is 0 Å². The summed E-state index contributed by atoms with van der Waals surface area (Å²) >= 11 is 0. The molecule has 0 aromatic carbocycles. The Labute approximate surface area is 152 Å². The molecule has 0 aromatic rings. The molecule has 1 amide bonds. The number of carbonyl (C=O) groups excluding carboxylic acids is 1. The van der Waals surface area contributed by atoms with Crippen molar-refractivity contribution in [2.24, 2.45) is 5.41 Å². The van der Waals surface area contributed by atoms with Crippen LogP contribution in [0.5, 0.6) is 0 Å². The van der Waals surface area contributed by atoms with Crippen molar-refractivity contribution in [3.8, 4) is 0 Å². The molecule has 5 heteroatoms. The molecule has 1 saturated carbocycles. The number of nitrogens with zero attached hydrogens (tertiary/aromatic N) is 2. The van der Waals surface area contributed by atoms with Gasteiger partial charge >= 0.3 is 6.09 Å². The summed E-state index contributed by atoms with van der Waals surface area (Å²) in [5.41, 5.74) is 0.881. The van der Waals surface area contributed by atoms with Gasteiger partial charge in [-0.1, -0.05) is 0 Å². The van der Waals surface area contributed by atoms with Crippen molar-refractivity contribution in [3.63, 3.8) is 0 Å². The summed E-state index contributed by atoms with van der Waals surface area (Å²) in [7, 11) is 0. The van der Waals surface area contributed by atoms with Gasteiger partial charge in [-0.05, 0) is 89.8 Å². The fraction of sp³-hybridized carbons (Fsp3) is 0.950. The SMILES string of the molecule is CCOC(=O)N1CCC2(CC(N3CCCC4(CCCN4)CCC3)C2)C1. The molecule has 3 saturated heterocycles. The lowest BCUT2D eigenvalue weighted by molar-refractivity contribution is -0.000384. The number of amides is 1. The third-order valence-electron chi connectivity index (χ3n) is 7.35. The number of hydrogen-bond acceptors (Lipinski definition) is 4. The van der Waals surface area contributed by atoms with E-state index in [2.05, 4.69) is 10.2 Å². The predicted molar refractivity (Wildman–Crippen MR) is 98.7 cm³/mol. The molecular formula is C20H35N3O2. The smallest absolute Gasteiger partial charge is 0.409 e. The molecule has 3 heterocycles. The molecule has 142 valence electrons. The van der Waals surface area contributed by atoms with Gasteiger partial charge in [-0.3, -0.25) is 0 Å².